The van der Waals surface area contributed by atoms with Gasteiger partial charge in [0.05, 0.1) is 23.7 Å². The molecule has 0 spiro atoms. The van der Waals surface area contributed by atoms with Crippen molar-refractivity contribution in [1.29, 1.82) is 0 Å². The van der Waals surface area contributed by atoms with Gasteiger partial charge in [-0.15, -0.1) is 0 Å². The molecule has 3 aromatic heterocycles. The number of thioether (sulfide) groups is 1. The number of nitrogens with zero attached hydrogens (tertiary/aromatic N) is 3. The molecule has 0 aliphatic carbocycles. The molecule has 0 unspecified atom stereocenters. The van der Waals surface area contributed by atoms with E-state index in [9.17, 15) is 0 Å². The zero-order chi connectivity index (χ0) is 15.6. The van der Waals surface area contributed by atoms with Gasteiger partial charge in [-0.05, 0) is 36.4 Å². The molecule has 4 aromatic rings. The van der Waals surface area contributed by atoms with Crippen molar-refractivity contribution in [2.45, 2.75) is 10.9 Å². The maximum Gasteiger partial charge on any atom is 0.205 e. The predicted octanol–water partition coefficient (Wildman–Crippen LogP) is 4.94. The Labute approximate surface area is 142 Å². The first-order valence-electron chi connectivity index (χ1n) is 7.05. The van der Waals surface area contributed by atoms with E-state index in [0.29, 0.717) is 16.7 Å². The minimum atomic E-state index is 0.627. The summed E-state index contributed by atoms with van der Waals surface area (Å²) in [6, 6.07) is 13.5. The van der Waals surface area contributed by atoms with Crippen LogP contribution in [0.2, 0.25) is 5.02 Å². The van der Waals surface area contributed by atoms with Crippen LogP contribution >= 0.6 is 23.4 Å². The lowest BCUT2D eigenvalue weighted by atomic mass is 10.2. The summed E-state index contributed by atoms with van der Waals surface area (Å²) in [6.45, 7) is 0. The van der Waals surface area contributed by atoms with Crippen molar-refractivity contribution in [3.8, 4) is 11.3 Å². The molecule has 114 valence electrons. The highest BCUT2D eigenvalue weighted by Gasteiger charge is 2.09. The van der Waals surface area contributed by atoms with Crippen LogP contribution in [0.25, 0.3) is 16.8 Å². The molecule has 6 heteroatoms. The van der Waals surface area contributed by atoms with Crippen molar-refractivity contribution in [3.63, 3.8) is 0 Å². The highest BCUT2D eigenvalue weighted by Crippen LogP contribution is 2.26. The number of oxazole rings is 1. The van der Waals surface area contributed by atoms with E-state index in [0.717, 1.165) is 22.0 Å². The molecule has 0 atom stereocenters. The van der Waals surface area contributed by atoms with Gasteiger partial charge >= 0.3 is 0 Å². The Bertz CT molecular complexity index is 946. The second kappa shape index (κ2) is 6.10. The van der Waals surface area contributed by atoms with Gasteiger partial charge in [-0.2, -0.15) is 0 Å². The van der Waals surface area contributed by atoms with Crippen LogP contribution in [-0.4, -0.2) is 14.4 Å². The molecule has 1 aromatic carbocycles. The Kier molecular flexibility index (Phi) is 3.81. The van der Waals surface area contributed by atoms with Crippen LogP contribution in [-0.2, 0) is 5.75 Å². The van der Waals surface area contributed by atoms with Crippen molar-refractivity contribution in [2.75, 3.05) is 0 Å². The van der Waals surface area contributed by atoms with Gasteiger partial charge < -0.3 is 4.42 Å². The molecule has 0 bridgehead atoms. The van der Waals surface area contributed by atoms with Gasteiger partial charge in [0.15, 0.2) is 10.9 Å². The Morgan fingerprint density at radius 2 is 1.91 bits per heavy atom. The zero-order valence-corrected chi connectivity index (χ0v) is 13.6. The average molecular weight is 342 g/mol. The summed E-state index contributed by atoms with van der Waals surface area (Å²) in [5.41, 5.74) is 2.04. The number of pyridine rings is 1. The fourth-order valence-electron chi connectivity index (χ4n) is 2.28. The number of rotatable bonds is 4. The van der Waals surface area contributed by atoms with Crippen LogP contribution in [0.15, 0.2) is 70.6 Å². The Hall–Kier alpha value is -2.24. The van der Waals surface area contributed by atoms with Gasteiger partial charge in [0.2, 0.25) is 5.89 Å². The Balaban J connectivity index is 1.51. The van der Waals surface area contributed by atoms with Gasteiger partial charge in [0.25, 0.3) is 0 Å². The number of benzene rings is 1. The fourth-order valence-corrected chi connectivity index (χ4v) is 3.22. The molecule has 3 heterocycles. The zero-order valence-electron chi connectivity index (χ0n) is 12.0. The second-order valence-corrected chi connectivity index (χ2v) is 6.33. The van der Waals surface area contributed by atoms with Gasteiger partial charge in [-0.3, -0.25) is 4.40 Å². The lowest BCUT2D eigenvalue weighted by Gasteiger charge is -1.99. The minimum absolute atomic E-state index is 0.627. The van der Waals surface area contributed by atoms with Gasteiger partial charge in [-0.25, -0.2) is 9.97 Å². The van der Waals surface area contributed by atoms with Gasteiger partial charge in [0.1, 0.15) is 0 Å². The molecule has 0 N–H and O–H groups in total. The van der Waals surface area contributed by atoms with E-state index in [1.165, 1.54) is 0 Å². The fraction of sp³-hybridized carbons (Fsp3) is 0.0588. The van der Waals surface area contributed by atoms with E-state index < -0.39 is 0 Å². The normalized spacial score (nSPS) is 11.2. The molecule has 0 radical (unpaired) electrons. The summed E-state index contributed by atoms with van der Waals surface area (Å²) in [5, 5.41) is 1.63. The van der Waals surface area contributed by atoms with E-state index in [1.54, 1.807) is 18.0 Å². The van der Waals surface area contributed by atoms with Crippen LogP contribution in [0.4, 0.5) is 0 Å². The van der Waals surface area contributed by atoms with E-state index in [4.69, 9.17) is 16.0 Å². The Morgan fingerprint density at radius 1 is 1.04 bits per heavy atom. The maximum atomic E-state index is 5.90. The Morgan fingerprint density at radius 3 is 2.78 bits per heavy atom. The van der Waals surface area contributed by atoms with E-state index in [2.05, 4.69) is 9.97 Å². The quantitative estimate of drug-likeness (QED) is 0.493. The lowest BCUT2D eigenvalue weighted by molar-refractivity contribution is 0.530. The summed E-state index contributed by atoms with van der Waals surface area (Å²) in [4.78, 5) is 8.76. The lowest BCUT2D eigenvalue weighted by Crippen LogP contribution is -1.87. The third-order valence-corrected chi connectivity index (χ3v) is 4.62. The topological polar surface area (TPSA) is 43.3 Å². The van der Waals surface area contributed by atoms with Crippen LogP contribution in [0.1, 0.15) is 5.89 Å². The molecule has 0 aliphatic heterocycles. The molecule has 0 saturated carbocycles. The number of halogens is 1. The minimum Gasteiger partial charge on any atom is -0.440 e. The van der Waals surface area contributed by atoms with E-state index in [-0.39, 0.29) is 0 Å². The largest absolute Gasteiger partial charge is 0.440 e. The number of imidazole rings is 1. The molecule has 0 aliphatic rings. The van der Waals surface area contributed by atoms with Crippen molar-refractivity contribution in [2.24, 2.45) is 0 Å². The highest BCUT2D eigenvalue weighted by molar-refractivity contribution is 7.98. The van der Waals surface area contributed by atoms with Crippen LogP contribution in [0.5, 0.6) is 0 Å². The SMILES string of the molecule is Clc1ccc(-c2cnc(CSc3ncc4ccccn34)o2)cc1. The second-order valence-electron chi connectivity index (χ2n) is 4.95. The number of aromatic nitrogens is 3. The molecule has 0 amide bonds. The number of hydrogen-bond donors (Lipinski definition) is 0. The van der Waals surface area contributed by atoms with Gasteiger partial charge in [-0.1, -0.05) is 29.4 Å². The maximum absolute atomic E-state index is 5.90. The van der Waals surface area contributed by atoms with Crippen LogP contribution in [0.3, 0.4) is 0 Å². The third kappa shape index (κ3) is 2.98. The first kappa shape index (κ1) is 14.4. The molecule has 0 fully saturated rings. The standard InChI is InChI=1S/C17H12ClN3OS/c18-13-6-4-12(5-7-13)15-10-19-16(22-15)11-23-17-20-9-14-3-1-2-8-21(14)17/h1-10H,11H2. The first-order chi connectivity index (χ1) is 11.3. The smallest absolute Gasteiger partial charge is 0.205 e. The van der Waals surface area contributed by atoms with Crippen LogP contribution < -0.4 is 0 Å². The molecular weight excluding hydrogens is 330 g/mol. The summed E-state index contributed by atoms with van der Waals surface area (Å²) in [5.74, 6) is 2.04. The summed E-state index contributed by atoms with van der Waals surface area (Å²) in [7, 11) is 0. The van der Waals surface area contributed by atoms with E-state index >= 15 is 0 Å². The molecule has 23 heavy (non-hydrogen) atoms. The molecule has 4 rings (SSSR count). The summed E-state index contributed by atoms with van der Waals surface area (Å²) < 4.78 is 7.86. The third-order valence-electron chi connectivity index (χ3n) is 3.41. The predicted molar refractivity (Wildman–Crippen MR) is 91.7 cm³/mol. The number of hydrogen-bond acceptors (Lipinski definition) is 4. The van der Waals surface area contributed by atoms with Crippen molar-refractivity contribution in [1.82, 2.24) is 14.4 Å². The van der Waals surface area contributed by atoms with Gasteiger partial charge in [0, 0.05) is 16.8 Å². The van der Waals surface area contributed by atoms with Crippen molar-refractivity contribution < 1.29 is 4.42 Å². The average Bonchev–Trinajstić information content (AvgIpc) is 3.20. The van der Waals surface area contributed by atoms with Crippen LogP contribution in [0, 0.1) is 0 Å². The summed E-state index contributed by atoms with van der Waals surface area (Å²) in [6.07, 6.45) is 5.60. The molecule has 0 saturated heterocycles. The summed E-state index contributed by atoms with van der Waals surface area (Å²) >= 11 is 7.50. The molecular formula is C17H12ClN3OS. The number of fused-ring (bicyclic) bond motifs is 1. The molecule has 4 nitrogen and oxygen atoms in total. The first-order valence-corrected chi connectivity index (χ1v) is 8.41. The van der Waals surface area contributed by atoms with Crippen molar-refractivity contribution >= 4 is 28.9 Å². The highest BCUT2D eigenvalue weighted by atomic mass is 35.5. The van der Waals surface area contributed by atoms with Crippen molar-refractivity contribution in [3.05, 3.63) is 72.0 Å². The monoisotopic (exact) mass is 341 g/mol. The van der Waals surface area contributed by atoms with E-state index in [1.807, 2.05) is 59.3 Å².